The monoisotopic (exact) mass is 370 g/mol. The molecule has 1 heterocycles. The van der Waals surface area contributed by atoms with Gasteiger partial charge in [-0.15, -0.1) is 0 Å². The smallest absolute Gasteiger partial charge is 0.222 e. The number of hydrogen-bond donors (Lipinski definition) is 1. The molecular formula is C23H34N2O2. The summed E-state index contributed by atoms with van der Waals surface area (Å²) in [5.74, 6) is 1.60. The van der Waals surface area contributed by atoms with Crippen molar-refractivity contribution < 1.29 is 9.59 Å². The summed E-state index contributed by atoms with van der Waals surface area (Å²) in [6, 6.07) is 8.57. The summed E-state index contributed by atoms with van der Waals surface area (Å²) in [7, 11) is 0. The highest BCUT2D eigenvalue weighted by atomic mass is 16.2. The number of carbonyl (C=O) groups excluding carboxylic acids is 2. The van der Waals surface area contributed by atoms with Crippen LogP contribution in [-0.4, -0.2) is 29.8 Å². The van der Waals surface area contributed by atoms with Gasteiger partial charge in [0.25, 0.3) is 0 Å². The summed E-state index contributed by atoms with van der Waals surface area (Å²) >= 11 is 0. The van der Waals surface area contributed by atoms with Gasteiger partial charge in [-0.2, -0.15) is 0 Å². The van der Waals surface area contributed by atoms with Crippen molar-refractivity contribution in [3.8, 4) is 0 Å². The molecule has 1 saturated heterocycles. The molecule has 27 heavy (non-hydrogen) atoms. The number of likely N-dealkylation sites (tertiary alicyclic amines) is 1. The number of carbonyl (C=O) groups is 2. The number of nitrogens with two attached hydrogens (primary N) is 1. The molecule has 0 bridgehead atoms. The third kappa shape index (κ3) is 6.37. The third-order valence-corrected chi connectivity index (χ3v) is 6.42. The van der Waals surface area contributed by atoms with E-state index in [1.165, 1.54) is 36.8 Å². The Morgan fingerprint density at radius 3 is 2.15 bits per heavy atom. The highest BCUT2D eigenvalue weighted by molar-refractivity contribution is 5.76. The van der Waals surface area contributed by atoms with E-state index in [1.54, 1.807) is 0 Å². The standard InChI is InChI=1S/C23H34N2O2/c24-22(26)11-9-19-5-7-20(8-6-19)17-21-13-15-25(16-14-21)23(27)12-10-18-3-1-2-4-18/h5-8,18,21H,1-4,9-17H2,(H2,24,26). The number of rotatable bonds is 8. The lowest BCUT2D eigenvalue weighted by Gasteiger charge is -2.32. The Hall–Kier alpha value is -1.84. The number of primary amides is 1. The Morgan fingerprint density at radius 2 is 1.52 bits per heavy atom. The maximum atomic E-state index is 12.5. The molecule has 1 saturated carbocycles. The number of benzene rings is 1. The molecule has 2 amide bonds. The summed E-state index contributed by atoms with van der Waals surface area (Å²) in [6.07, 6.45) is 11.7. The van der Waals surface area contributed by atoms with Crippen LogP contribution < -0.4 is 5.73 Å². The number of hydrogen-bond acceptors (Lipinski definition) is 2. The minimum Gasteiger partial charge on any atom is -0.370 e. The van der Waals surface area contributed by atoms with E-state index < -0.39 is 0 Å². The van der Waals surface area contributed by atoms with Crippen molar-refractivity contribution in [3.63, 3.8) is 0 Å². The molecule has 148 valence electrons. The molecule has 0 aromatic heterocycles. The predicted molar refractivity (Wildman–Crippen MR) is 108 cm³/mol. The zero-order valence-corrected chi connectivity index (χ0v) is 16.5. The summed E-state index contributed by atoms with van der Waals surface area (Å²) in [4.78, 5) is 25.4. The molecule has 1 aromatic rings. The lowest BCUT2D eigenvalue weighted by Crippen LogP contribution is -2.38. The van der Waals surface area contributed by atoms with E-state index in [0.29, 0.717) is 18.2 Å². The van der Waals surface area contributed by atoms with Crippen LogP contribution >= 0.6 is 0 Å². The zero-order valence-electron chi connectivity index (χ0n) is 16.5. The molecule has 4 heteroatoms. The van der Waals surface area contributed by atoms with Gasteiger partial charge >= 0.3 is 0 Å². The first-order chi connectivity index (χ1) is 13.1. The Morgan fingerprint density at radius 1 is 0.889 bits per heavy atom. The van der Waals surface area contributed by atoms with Crippen molar-refractivity contribution in [1.29, 1.82) is 0 Å². The SMILES string of the molecule is NC(=O)CCc1ccc(CC2CCN(C(=O)CCC3CCCC3)CC2)cc1. The molecule has 0 atom stereocenters. The van der Waals surface area contributed by atoms with E-state index in [-0.39, 0.29) is 5.91 Å². The van der Waals surface area contributed by atoms with Crippen LogP contribution in [0.5, 0.6) is 0 Å². The van der Waals surface area contributed by atoms with Crippen LogP contribution in [0.2, 0.25) is 0 Å². The predicted octanol–water partition coefficient (Wildman–Crippen LogP) is 3.86. The number of aryl methyl sites for hydroxylation is 1. The summed E-state index contributed by atoms with van der Waals surface area (Å²) in [6.45, 7) is 1.84. The van der Waals surface area contributed by atoms with Gasteiger partial charge in [0.2, 0.25) is 11.8 Å². The van der Waals surface area contributed by atoms with Crippen LogP contribution in [0.25, 0.3) is 0 Å². The summed E-state index contributed by atoms with van der Waals surface area (Å²) in [5.41, 5.74) is 7.73. The normalized spacial score (nSPS) is 18.7. The highest BCUT2D eigenvalue weighted by Crippen LogP contribution is 2.29. The van der Waals surface area contributed by atoms with Crippen molar-refractivity contribution in [2.45, 2.75) is 70.6 Å². The molecule has 2 fully saturated rings. The van der Waals surface area contributed by atoms with Crippen molar-refractivity contribution in [3.05, 3.63) is 35.4 Å². The van der Waals surface area contributed by atoms with Gasteiger partial charge in [0.15, 0.2) is 0 Å². The molecule has 2 aliphatic rings. The molecule has 0 radical (unpaired) electrons. The molecule has 1 aromatic carbocycles. The fraction of sp³-hybridized carbons (Fsp3) is 0.652. The molecule has 0 spiro atoms. The van der Waals surface area contributed by atoms with Gasteiger partial charge in [-0.25, -0.2) is 0 Å². The van der Waals surface area contributed by atoms with E-state index in [4.69, 9.17) is 5.73 Å². The highest BCUT2D eigenvalue weighted by Gasteiger charge is 2.24. The van der Waals surface area contributed by atoms with Crippen LogP contribution in [0.4, 0.5) is 0 Å². The van der Waals surface area contributed by atoms with Crippen LogP contribution in [0, 0.1) is 11.8 Å². The zero-order chi connectivity index (χ0) is 19.1. The summed E-state index contributed by atoms with van der Waals surface area (Å²) < 4.78 is 0. The Balaban J connectivity index is 1.37. The second-order valence-corrected chi connectivity index (χ2v) is 8.50. The number of nitrogens with zero attached hydrogens (tertiary/aromatic N) is 1. The van der Waals surface area contributed by atoms with Crippen molar-refractivity contribution >= 4 is 11.8 Å². The molecule has 3 rings (SSSR count). The second-order valence-electron chi connectivity index (χ2n) is 8.50. The molecule has 0 unspecified atom stereocenters. The topological polar surface area (TPSA) is 63.4 Å². The Labute approximate surface area is 163 Å². The van der Waals surface area contributed by atoms with Gasteiger partial charge in [-0.3, -0.25) is 9.59 Å². The van der Waals surface area contributed by atoms with E-state index in [9.17, 15) is 9.59 Å². The summed E-state index contributed by atoms with van der Waals surface area (Å²) in [5, 5.41) is 0. The molecular weight excluding hydrogens is 336 g/mol. The van der Waals surface area contributed by atoms with E-state index in [1.807, 2.05) is 0 Å². The average molecular weight is 371 g/mol. The largest absolute Gasteiger partial charge is 0.370 e. The van der Waals surface area contributed by atoms with E-state index in [2.05, 4.69) is 29.2 Å². The van der Waals surface area contributed by atoms with Crippen molar-refractivity contribution in [1.82, 2.24) is 4.90 Å². The molecule has 1 aliphatic carbocycles. The number of piperidine rings is 1. The van der Waals surface area contributed by atoms with Crippen molar-refractivity contribution in [2.75, 3.05) is 13.1 Å². The first kappa shape index (κ1) is 19.9. The van der Waals surface area contributed by atoms with Gasteiger partial charge in [0.1, 0.15) is 0 Å². The number of amides is 2. The van der Waals surface area contributed by atoms with Gasteiger partial charge in [-0.1, -0.05) is 49.9 Å². The lowest BCUT2D eigenvalue weighted by atomic mass is 9.89. The van der Waals surface area contributed by atoms with Gasteiger partial charge in [-0.05, 0) is 55.1 Å². The fourth-order valence-electron chi connectivity index (χ4n) is 4.61. The maximum Gasteiger partial charge on any atom is 0.222 e. The Kier molecular flexibility index (Phi) is 7.31. The molecule has 2 N–H and O–H groups in total. The van der Waals surface area contributed by atoms with E-state index in [0.717, 1.165) is 57.5 Å². The molecule has 4 nitrogen and oxygen atoms in total. The minimum absolute atomic E-state index is 0.247. The Bertz CT molecular complexity index is 612. The first-order valence-electron chi connectivity index (χ1n) is 10.7. The van der Waals surface area contributed by atoms with Gasteiger partial charge < -0.3 is 10.6 Å². The van der Waals surface area contributed by atoms with Crippen LogP contribution in [0.3, 0.4) is 0 Å². The maximum absolute atomic E-state index is 12.5. The van der Waals surface area contributed by atoms with Crippen molar-refractivity contribution in [2.24, 2.45) is 17.6 Å². The van der Waals surface area contributed by atoms with Crippen LogP contribution in [0.15, 0.2) is 24.3 Å². The quantitative estimate of drug-likeness (QED) is 0.755. The van der Waals surface area contributed by atoms with Gasteiger partial charge in [0, 0.05) is 25.9 Å². The fourth-order valence-corrected chi connectivity index (χ4v) is 4.61. The van der Waals surface area contributed by atoms with Crippen LogP contribution in [0.1, 0.15) is 68.9 Å². The average Bonchev–Trinajstić information content (AvgIpc) is 3.20. The molecule has 1 aliphatic heterocycles. The van der Waals surface area contributed by atoms with E-state index >= 15 is 0 Å². The van der Waals surface area contributed by atoms with Gasteiger partial charge in [0.05, 0.1) is 0 Å². The van der Waals surface area contributed by atoms with Crippen LogP contribution in [-0.2, 0) is 22.4 Å². The first-order valence-corrected chi connectivity index (χ1v) is 10.7. The minimum atomic E-state index is -0.247. The second kappa shape index (κ2) is 9.91. The third-order valence-electron chi connectivity index (χ3n) is 6.42. The lowest BCUT2D eigenvalue weighted by molar-refractivity contribution is -0.132.